The van der Waals surface area contributed by atoms with Gasteiger partial charge in [-0.1, -0.05) is 63.6 Å². The van der Waals surface area contributed by atoms with Crippen molar-refractivity contribution in [3.05, 3.63) is 47.0 Å². The highest BCUT2D eigenvalue weighted by atomic mass is 16.5. The third-order valence-electron chi connectivity index (χ3n) is 8.73. The maximum Gasteiger partial charge on any atom is 0.0650 e. The second-order valence-electron chi connectivity index (χ2n) is 10.00. The number of nitrogens with zero attached hydrogens (tertiary/aromatic N) is 1. The van der Waals surface area contributed by atoms with Crippen LogP contribution in [0, 0.1) is 23.2 Å². The van der Waals surface area contributed by atoms with Crippen LogP contribution in [0.5, 0.6) is 0 Å². The molecule has 1 aromatic rings. The molecule has 0 radical (unpaired) electrons. The van der Waals surface area contributed by atoms with Gasteiger partial charge in [-0.2, -0.15) is 0 Å². The highest BCUT2D eigenvalue weighted by molar-refractivity contribution is 5.37. The summed E-state index contributed by atoms with van der Waals surface area (Å²) in [5, 5.41) is 0. The molecule has 0 saturated heterocycles. The predicted octanol–water partition coefficient (Wildman–Crippen LogP) is 6.07. The minimum atomic E-state index is 0.407. The van der Waals surface area contributed by atoms with Crippen LogP contribution < -0.4 is 0 Å². The molecule has 0 amide bonds. The molecule has 3 aliphatic carbocycles. The molecule has 0 aliphatic heterocycles. The minimum Gasteiger partial charge on any atom is -0.376 e. The average Bonchev–Trinajstić information content (AvgIpc) is 3.07. The maximum absolute atomic E-state index is 6.01. The first-order valence-electron chi connectivity index (χ1n) is 12.2. The molecule has 0 heterocycles. The van der Waals surface area contributed by atoms with Gasteiger partial charge in [0.25, 0.3) is 0 Å². The van der Waals surface area contributed by atoms with Crippen molar-refractivity contribution in [3.63, 3.8) is 0 Å². The van der Waals surface area contributed by atoms with E-state index in [2.05, 4.69) is 62.9 Å². The maximum atomic E-state index is 6.01. The van der Waals surface area contributed by atoms with E-state index in [1.54, 1.807) is 16.7 Å². The van der Waals surface area contributed by atoms with E-state index in [0.29, 0.717) is 5.41 Å². The summed E-state index contributed by atoms with van der Waals surface area (Å²) in [7, 11) is 0. The van der Waals surface area contributed by atoms with Gasteiger partial charge >= 0.3 is 0 Å². The molecular weight excluding hydrogens is 354 g/mol. The Kier molecular flexibility index (Phi) is 6.51. The largest absolute Gasteiger partial charge is 0.376 e. The molecule has 5 atom stereocenters. The zero-order chi connectivity index (χ0) is 20.4. The van der Waals surface area contributed by atoms with Crippen molar-refractivity contribution < 1.29 is 4.74 Å². The van der Waals surface area contributed by atoms with Gasteiger partial charge in [0.2, 0.25) is 0 Å². The third-order valence-corrected chi connectivity index (χ3v) is 8.73. The fourth-order valence-electron chi connectivity index (χ4n) is 7.08. The molecule has 1 aromatic carbocycles. The number of benzene rings is 1. The molecule has 2 heteroatoms. The molecule has 0 N–H and O–H groups in total. The van der Waals surface area contributed by atoms with Gasteiger partial charge in [0.05, 0.1) is 13.2 Å². The van der Waals surface area contributed by atoms with Crippen LogP contribution in [0.2, 0.25) is 0 Å². The van der Waals surface area contributed by atoms with Crippen molar-refractivity contribution in [3.8, 4) is 0 Å². The second kappa shape index (κ2) is 8.94. The van der Waals surface area contributed by atoms with E-state index in [0.717, 1.165) is 56.5 Å². The van der Waals surface area contributed by atoms with Crippen LogP contribution >= 0.6 is 0 Å². The van der Waals surface area contributed by atoms with Crippen LogP contribution in [0.25, 0.3) is 0 Å². The summed E-state index contributed by atoms with van der Waals surface area (Å²) in [4.78, 5) is 2.43. The Balaban J connectivity index is 1.42. The van der Waals surface area contributed by atoms with Crippen molar-refractivity contribution in [2.24, 2.45) is 23.2 Å². The van der Waals surface area contributed by atoms with E-state index < -0.39 is 0 Å². The quantitative estimate of drug-likeness (QED) is 0.410. The fourth-order valence-corrected chi connectivity index (χ4v) is 7.08. The van der Waals surface area contributed by atoms with E-state index in [1.807, 2.05) is 0 Å². The Bertz CT molecular complexity index is 721. The van der Waals surface area contributed by atoms with E-state index in [4.69, 9.17) is 4.74 Å². The highest BCUT2D eigenvalue weighted by Gasteiger charge is 2.54. The molecule has 29 heavy (non-hydrogen) atoms. The lowest BCUT2D eigenvalue weighted by Gasteiger charge is -2.52. The second-order valence-corrected chi connectivity index (χ2v) is 10.00. The number of hydrogen-bond acceptors (Lipinski definition) is 2. The first kappa shape index (κ1) is 21.1. The van der Waals surface area contributed by atoms with Crippen molar-refractivity contribution in [2.45, 2.75) is 65.7 Å². The lowest BCUT2D eigenvalue weighted by molar-refractivity contribution is 0.0484. The normalized spacial score (nSPS) is 34.9. The Morgan fingerprint density at radius 2 is 1.97 bits per heavy atom. The highest BCUT2D eigenvalue weighted by Crippen LogP contribution is 2.63. The third kappa shape index (κ3) is 3.95. The molecule has 0 bridgehead atoms. The topological polar surface area (TPSA) is 12.5 Å². The van der Waals surface area contributed by atoms with Crippen LogP contribution in [0.15, 0.2) is 35.9 Å². The Labute approximate surface area is 178 Å². The van der Waals surface area contributed by atoms with E-state index in [-0.39, 0.29) is 0 Å². The molecule has 160 valence electrons. The Hall–Kier alpha value is -1.12. The lowest BCUT2D eigenvalue weighted by Crippen LogP contribution is -2.43. The summed E-state index contributed by atoms with van der Waals surface area (Å²) in [5.74, 6) is 3.31. The van der Waals surface area contributed by atoms with E-state index in [9.17, 15) is 0 Å². The molecule has 2 saturated carbocycles. The first-order chi connectivity index (χ1) is 14.1. The SMILES string of the molecule is CCN(CC)CCOCC=C1CCC2C3C(CC[C@]12C)c1ccccc1C[C@H]3C. The predicted molar refractivity (Wildman–Crippen MR) is 122 cm³/mol. The van der Waals surface area contributed by atoms with Crippen molar-refractivity contribution >= 4 is 0 Å². The number of allylic oxidation sites excluding steroid dienone is 1. The molecular formula is C27H41NO. The summed E-state index contributed by atoms with van der Waals surface area (Å²) in [6.45, 7) is 14.5. The van der Waals surface area contributed by atoms with Crippen molar-refractivity contribution in [1.82, 2.24) is 4.90 Å². The minimum absolute atomic E-state index is 0.407. The number of likely N-dealkylation sites (N-methyl/N-ethyl adjacent to an activating group) is 1. The molecule has 0 spiro atoms. The van der Waals surface area contributed by atoms with Crippen LogP contribution in [-0.2, 0) is 11.2 Å². The zero-order valence-electron chi connectivity index (χ0n) is 19.1. The van der Waals surface area contributed by atoms with Crippen molar-refractivity contribution in [2.75, 3.05) is 32.8 Å². The first-order valence-corrected chi connectivity index (χ1v) is 12.2. The van der Waals surface area contributed by atoms with E-state index in [1.165, 1.54) is 32.1 Å². The van der Waals surface area contributed by atoms with Gasteiger partial charge in [0.15, 0.2) is 0 Å². The molecule has 3 unspecified atom stereocenters. The van der Waals surface area contributed by atoms with Gasteiger partial charge in [-0.15, -0.1) is 0 Å². The van der Waals surface area contributed by atoms with E-state index >= 15 is 0 Å². The Morgan fingerprint density at radius 1 is 1.17 bits per heavy atom. The standard InChI is InChI=1S/C27H41NO/c1-5-28(6-2)16-18-29-17-14-22-11-12-25-26-20(3)19-21-9-7-8-10-23(21)24(26)13-15-27(22,25)4/h7-10,14,20,24-26H,5-6,11-13,15-19H2,1-4H3/t20-,24?,25?,26?,27-/m1/s1. The number of ether oxygens (including phenoxy) is 1. The summed E-state index contributed by atoms with van der Waals surface area (Å²) in [5.41, 5.74) is 5.41. The summed E-state index contributed by atoms with van der Waals surface area (Å²) >= 11 is 0. The van der Waals surface area contributed by atoms with Gasteiger partial charge in [-0.25, -0.2) is 0 Å². The zero-order valence-corrected chi connectivity index (χ0v) is 19.1. The molecule has 2 nitrogen and oxygen atoms in total. The summed E-state index contributed by atoms with van der Waals surface area (Å²) in [6, 6.07) is 9.30. The van der Waals surface area contributed by atoms with Crippen LogP contribution in [-0.4, -0.2) is 37.7 Å². The van der Waals surface area contributed by atoms with Gasteiger partial charge in [-0.3, -0.25) is 0 Å². The average molecular weight is 396 g/mol. The van der Waals surface area contributed by atoms with Crippen LogP contribution in [0.1, 0.15) is 70.4 Å². The Morgan fingerprint density at radius 3 is 2.76 bits per heavy atom. The number of hydrogen-bond donors (Lipinski definition) is 0. The summed E-state index contributed by atoms with van der Waals surface area (Å²) in [6.07, 6.45) is 9.12. The molecule has 0 aromatic heterocycles. The monoisotopic (exact) mass is 395 g/mol. The molecule has 3 aliphatic rings. The number of fused-ring (bicyclic) bond motifs is 5. The lowest BCUT2D eigenvalue weighted by atomic mass is 9.52. The summed E-state index contributed by atoms with van der Waals surface area (Å²) < 4.78 is 6.01. The van der Waals surface area contributed by atoms with Gasteiger partial charge in [-0.05, 0) is 85.4 Å². The molecule has 4 rings (SSSR count). The van der Waals surface area contributed by atoms with Crippen LogP contribution in [0.4, 0.5) is 0 Å². The fraction of sp³-hybridized carbons (Fsp3) is 0.704. The van der Waals surface area contributed by atoms with Crippen LogP contribution in [0.3, 0.4) is 0 Å². The van der Waals surface area contributed by atoms with Gasteiger partial charge < -0.3 is 9.64 Å². The van der Waals surface area contributed by atoms with Gasteiger partial charge in [0, 0.05) is 6.54 Å². The smallest absolute Gasteiger partial charge is 0.0650 e. The molecule has 2 fully saturated rings. The number of rotatable bonds is 7. The van der Waals surface area contributed by atoms with Crippen molar-refractivity contribution in [1.29, 1.82) is 0 Å². The van der Waals surface area contributed by atoms with Gasteiger partial charge in [0.1, 0.15) is 0 Å².